The molecule has 38 heavy (non-hydrogen) atoms. The van der Waals surface area contributed by atoms with E-state index in [-0.39, 0.29) is 18.6 Å². The zero-order valence-corrected chi connectivity index (χ0v) is 21.2. The maximum Gasteiger partial charge on any atom is 0.344 e. The summed E-state index contributed by atoms with van der Waals surface area (Å²) in [5.74, 6) is -1.97. The van der Waals surface area contributed by atoms with Crippen LogP contribution >= 0.6 is 0 Å². The van der Waals surface area contributed by atoms with Gasteiger partial charge in [0.1, 0.15) is 12.6 Å². The van der Waals surface area contributed by atoms with Crippen molar-refractivity contribution in [2.24, 2.45) is 0 Å². The van der Waals surface area contributed by atoms with E-state index in [9.17, 15) is 19.2 Å². The van der Waals surface area contributed by atoms with Crippen LogP contribution in [-0.4, -0.2) is 79.8 Å². The van der Waals surface area contributed by atoms with Gasteiger partial charge in [0, 0.05) is 48.6 Å². The molecule has 1 aromatic heterocycles. The number of amides is 1. The summed E-state index contributed by atoms with van der Waals surface area (Å²) in [6.45, 7) is 4.87. The minimum Gasteiger partial charge on any atom is -0.462 e. The standard InChI is InChI=1S/C28H31N3O7/c1-19-6-8-20(9-7-19)27(34)30-24(16-21-17-25(32)29-23-5-3-2-4-22(21)23)28(35)38-18-26(33)37-15-12-31-10-13-36-14-11-31/h2-9,17,24H,10-16,18H2,1H3,(H,29,32)(H,30,34). The van der Waals surface area contributed by atoms with Crippen molar-refractivity contribution in [1.82, 2.24) is 15.2 Å². The molecule has 2 aromatic carbocycles. The zero-order valence-electron chi connectivity index (χ0n) is 21.2. The van der Waals surface area contributed by atoms with Crippen LogP contribution in [0.5, 0.6) is 0 Å². The Bertz CT molecular complexity index is 1330. The molecular formula is C28H31N3O7. The monoisotopic (exact) mass is 521 g/mol. The first-order valence-corrected chi connectivity index (χ1v) is 12.5. The first kappa shape index (κ1) is 27.0. The SMILES string of the molecule is Cc1ccc(C(=O)NC(Cc2cc(=O)[nH]c3ccccc23)C(=O)OCC(=O)OCCN2CCOCC2)cc1. The number of rotatable bonds is 10. The molecule has 0 aliphatic carbocycles. The second-order valence-electron chi connectivity index (χ2n) is 9.08. The molecule has 1 aliphatic rings. The summed E-state index contributed by atoms with van der Waals surface area (Å²) in [6, 6.07) is 14.3. The van der Waals surface area contributed by atoms with Gasteiger partial charge in [-0.15, -0.1) is 0 Å². The molecule has 1 amide bonds. The van der Waals surface area contributed by atoms with Gasteiger partial charge in [-0.25, -0.2) is 9.59 Å². The average molecular weight is 522 g/mol. The van der Waals surface area contributed by atoms with E-state index in [2.05, 4.69) is 15.2 Å². The molecule has 2 heterocycles. The van der Waals surface area contributed by atoms with E-state index < -0.39 is 30.5 Å². The number of nitrogens with one attached hydrogen (secondary N) is 2. The average Bonchev–Trinajstić information content (AvgIpc) is 2.92. The lowest BCUT2D eigenvalue weighted by Crippen LogP contribution is -2.44. The Morgan fingerprint density at radius 3 is 2.55 bits per heavy atom. The van der Waals surface area contributed by atoms with Gasteiger partial charge in [0.05, 0.1) is 13.2 Å². The Labute approximate surface area is 219 Å². The van der Waals surface area contributed by atoms with Gasteiger partial charge in [-0.05, 0) is 30.7 Å². The van der Waals surface area contributed by atoms with Gasteiger partial charge in [0.2, 0.25) is 5.56 Å². The molecule has 4 rings (SSSR count). The summed E-state index contributed by atoms with van der Waals surface area (Å²) in [5, 5.41) is 3.43. The molecule has 1 unspecified atom stereocenters. The van der Waals surface area contributed by atoms with E-state index >= 15 is 0 Å². The number of ether oxygens (including phenoxy) is 3. The van der Waals surface area contributed by atoms with Crippen molar-refractivity contribution in [3.63, 3.8) is 0 Å². The van der Waals surface area contributed by atoms with E-state index in [1.165, 1.54) is 6.07 Å². The van der Waals surface area contributed by atoms with Crippen LogP contribution in [0.25, 0.3) is 10.9 Å². The van der Waals surface area contributed by atoms with Crippen molar-refractivity contribution in [1.29, 1.82) is 0 Å². The number of fused-ring (bicyclic) bond motifs is 1. The topological polar surface area (TPSA) is 127 Å². The summed E-state index contributed by atoms with van der Waals surface area (Å²) < 4.78 is 15.7. The highest BCUT2D eigenvalue weighted by Crippen LogP contribution is 2.17. The van der Waals surface area contributed by atoms with Crippen LogP contribution in [-0.2, 0) is 30.2 Å². The molecule has 200 valence electrons. The van der Waals surface area contributed by atoms with Crippen molar-refractivity contribution in [2.45, 2.75) is 19.4 Å². The van der Waals surface area contributed by atoms with Gasteiger partial charge in [-0.2, -0.15) is 0 Å². The molecule has 1 fully saturated rings. The van der Waals surface area contributed by atoms with Crippen LogP contribution in [0.4, 0.5) is 0 Å². The number of aromatic amines is 1. The quantitative estimate of drug-likeness (QED) is 0.385. The minimum absolute atomic E-state index is 0.00700. The van der Waals surface area contributed by atoms with E-state index in [0.29, 0.717) is 36.4 Å². The van der Waals surface area contributed by atoms with E-state index in [1.807, 2.05) is 19.1 Å². The van der Waals surface area contributed by atoms with Crippen molar-refractivity contribution in [2.75, 3.05) is 46.1 Å². The molecule has 10 heteroatoms. The Hall–Kier alpha value is -4.02. The van der Waals surface area contributed by atoms with Crippen molar-refractivity contribution in [3.8, 4) is 0 Å². The summed E-state index contributed by atoms with van der Waals surface area (Å²) in [6.07, 6.45) is -0.00700. The number of carbonyl (C=O) groups excluding carboxylic acids is 3. The van der Waals surface area contributed by atoms with Crippen LogP contribution in [0.1, 0.15) is 21.5 Å². The number of aryl methyl sites for hydroxylation is 1. The lowest BCUT2D eigenvalue weighted by molar-refractivity contribution is -0.160. The van der Waals surface area contributed by atoms with Crippen molar-refractivity contribution >= 4 is 28.7 Å². The van der Waals surface area contributed by atoms with Gasteiger partial charge in [-0.1, -0.05) is 35.9 Å². The molecule has 1 aliphatic heterocycles. The van der Waals surface area contributed by atoms with Crippen LogP contribution < -0.4 is 10.9 Å². The fourth-order valence-electron chi connectivity index (χ4n) is 4.19. The van der Waals surface area contributed by atoms with Crippen LogP contribution in [0.2, 0.25) is 0 Å². The number of benzene rings is 2. The first-order chi connectivity index (χ1) is 18.4. The zero-order chi connectivity index (χ0) is 26.9. The number of pyridine rings is 1. The number of aromatic nitrogens is 1. The third-order valence-corrected chi connectivity index (χ3v) is 6.27. The van der Waals surface area contributed by atoms with Gasteiger partial charge in [0.15, 0.2) is 6.61 Å². The number of morpholine rings is 1. The normalized spacial score (nSPS) is 14.6. The number of H-pyrrole nitrogens is 1. The summed E-state index contributed by atoms with van der Waals surface area (Å²) >= 11 is 0. The minimum atomic E-state index is -1.14. The molecule has 0 bridgehead atoms. The van der Waals surface area contributed by atoms with Gasteiger partial charge < -0.3 is 24.5 Å². The fraction of sp³-hybridized carbons (Fsp3) is 0.357. The second kappa shape index (κ2) is 13.0. The second-order valence-corrected chi connectivity index (χ2v) is 9.08. The van der Waals surface area contributed by atoms with Gasteiger partial charge >= 0.3 is 11.9 Å². The third-order valence-electron chi connectivity index (χ3n) is 6.27. The number of nitrogens with zero attached hydrogens (tertiary/aromatic N) is 1. The highest BCUT2D eigenvalue weighted by atomic mass is 16.6. The molecule has 1 atom stereocenters. The molecule has 0 radical (unpaired) electrons. The van der Waals surface area contributed by atoms with E-state index in [1.54, 1.807) is 36.4 Å². The molecular weight excluding hydrogens is 490 g/mol. The third kappa shape index (κ3) is 7.50. The Morgan fingerprint density at radius 2 is 1.79 bits per heavy atom. The lowest BCUT2D eigenvalue weighted by atomic mass is 10.0. The summed E-state index contributed by atoms with van der Waals surface area (Å²) in [5.41, 5.74) is 2.19. The number of para-hydroxylation sites is 1. The molecule has 10 nitrogen and oxygen atoms in total. The van der Waals surface area contributed by atoms with E-state index in [4.69, 9.17) is 14.2 Å². The van der Waals surface area contributed by atoms with Crippen molar-refractivity contribution in [3.05, 3.63) is 81.6 Å². The van der Waals surface area contributed by atoms with Crippen LogP contribution in [0, 0.1) is 6.92 Å². The highest BCUT2D eigenvalue weighted by molar-refractivity contribution is 5.97. The molecule has 2 N–H and O–H groups in total. The maximum atomic E-state index is 13.1. The van der Waals surface area contributed by atoms with Crippen LogP contribution in [0.15, 0.2) is 59.4 Å². The molecule has 0 spiro atoms. The molecule has 3 aromatic rings. The predicted molar refractivity (Wildman–Crippen MR) is 140 cm³/mol. The molecule has 1 saturated heterocycles. The largest absolute Gasteiger partial charge is 0.462 e. The summed E-state index contributed by atoms with van der Waals surface area (Å²) in [4.78, 5) is 55.3. The summed E-state index contributed by atoms with van der Waals surface area (Å²) in [7, 11) is 0. The van der Waals surface area contributed by atoms with Crippen LogP contribution in [0.3, 0.4) is 0 Å². The molecule has 0 saturated carbocycles. The smallest absolute Gasteiger partial charge is 0.344 e. The number of esters is 2. The lowest BCUT2D eigenvalue weighted by Gasteiger charge is -2.26. The van der Waals surface area contributed by atoms with Crippen molar-refractivity contribution < 1.29 is 28.6 Å². The van der Waals surface area contributed by atoms with Gasteiger partial charge in [-0.3, -0.25) is 14.5 Å². The number of carbonyl (C=O) groups is 3. The predicted octanol–water partition coefficient (Wildman–Crippen LogP) is 1.60. The van der Waals surface area contributed by atoms with E-state index in [0.717, 1.165) is 24.0 Å². The Kier molecular flexibility index (Phi) is 9.23. The Balaban J connectivity index is 1.43. The maximum absolute atomic E-state index is 13.1. The number of hydrogen-bond acceptors (Lipinski definition) is 8. The number of hydrogen-bond donors (Lipinski definition) is 2. The van der Waals surface area contributed by atoms with Gasteiger partial charge in [0.25, 0.3) is 5.91 Å². The fourth-order valence-corrected chi connectivity index (χ4v) is 4.19. The first-order valence-electron chi connectivity index (χ1n) is 12.5. The Morgan fingerprint density at radius 1 is 1.05 bits per heavy atom. The highest BCUT2D eigenvalue weighted by Gasteiger charge is 2.25.